The van der Waals surface area contributed by atoms with Gasteiger partial charge >= 0.3 is 5.97 Å². The minimum atomic E-state index is -1.15. The van der Waals surface area contributed by atoms with Gasteiger partial charge in [-0.05, 0) is 71.3 Å². The second kappa shape index (κ2) is 9.73. The van der Waals surface area contributed by atoms with Gasteiger partial charge in [0.25, 0.3) is 0 Å². The molecule has 3 rings (SSSR count). The molecule has 0 radical (unpaired) electrons. The Morgan fingerprint density at radius 1 is 1.04 bits per heavy atom. The Bertz CT molecular complexity index is 870. The minimum Gasteiger partial charge on any atom is -0.477 e. The number of carboxylic acid groups (broad SMARTS) is 1. The molecule has 6 heteroatoms. The summed E-state index contributed by atoms with van der Waals surface area (Å²) >= 11 is 2.21. The second-order valence-corrected chi connectivity index (χ2v) is 7.95. The van der Waals surface area contributed by atoms with Gasteiger partial charge < -0.3 is 15.2 Å². The molecule has 0 heterocycles. The Balaban J connectivity index is 1.69. The van der Waals surface area contributed by atoms with Gasteiger partial charge in [-0.15, -0.1) is 0 Å². The highest BCUT2D eigenvalue weighted by Crippen LogP contribution is 2.27. The van der Waals surface area contributed by atoms with Crippen molar-refractivity contribution in [2.24, 2.45) is 5.92 Å². The normalized spacial score (nSPS) is 15.1. The van der Waals surface area contributed by atoms with Crippen molar-refractivity contribution in [2.75, 3.05) is 0 Å². The molecule has 0 aliphatic heterocycles. The van der Waals surface area contributed by atoms with Crippen LogP contribution in [0, 0.1) is 9.49 Å². The number of halogens is 1. The van der Waals surface area contributed by atoms with E-state index in [1.807, 2.05) is 24.3 Å². The molecule has 2 aromatic rings. The third-order valence-electron chi connectivity index (χ3n) is 4.72. The van der Waals surface area contributed by atoms with Gasteiger partial charge in [0.1, 0.15) is 17.2 Å². The largest absolute Gasteiger partial charge is 0.477 e. The molecule has 146 valence electrons. The van der Waals surface area contributed by atoms with Gasteiger partial charge in [-0.25, -0.2) is 4.79 Å². The van der Waals surface area contributed by atoms with E-state index in [1.165, 1.54) is 6.08 Å². The van der Waals surface area contributed by atoms with Crippen LogP contribution in [0.4, 0.5) is 0 Å². The molecule has 5 nitrogen and oxygen atoms in total. The quantitative estimate of drug-likeness (QED) is 0.430. The first-order valence-corrected chi connectivity index (χ1v) is 10.4. The maximum absolute atomic E-state index is 12.4. The van der Waals surface area contributed by atoms with Crippen LogP contribution in [-0.4, -0.2) is 17.0 Å². The second-order valence-electron chi connectivity index (χ2n) is 6.79. The molecule has 0 bridgehead atoms. The van der Waals surface area contributed by atoms with Crippen LogP contribution in [0.15, 0.2) is 54.2 Å². The molecule has 0 aromatic heterocycles. The molecule has 0 atom stereocenters. The Labute approximate surface area is 177 Å². The van der Waals surface area contributed by atoms with Crippen LogP contribution in [0.1, 0.15) is 37.7 Å². The van der Waals surface area contributed by atoms with Gasteiger partial charge in [0.15, 0.2) is 0 Å². The molecule has 0 spiro atoms. The van der Waals surface area contributed by atoms with E-state index in [0.717, 1.165) is 41.4 Å². The van der Waals surface area contributed by atoms with Gasteiger partial charge in [-0.2, -0.15) is 0 Å². The van der Waals surface area contributed by atoms with E-state index in [0.29, 0.717) is 11.3 Å². The number of nitrogens with one attached hydrogen (secondary N) is 1. The van der Waals surface area contributed by atoms with E-state index in [2.05, 4.69) is 27.9 Å². The lowest BCUT2D eigenvalue weighted by Crippen LogP contribution is -2.33. The van der Waals surface area contributed by atoms with E-state index < -0.39 is 5.97 Å². The van der Waals surface area contributed by atoms with Gasteiger partial charge in [-0.1, -0.05) is 43.5 Å². The van der Waals surface area contributed by atoms with Crippen LogP contribution in [0.2, 0.25) is 0 Å². The molecule has 0 unspecified atom stereocenters. The highest BCUT2D eigenvalue weighted by Gasteiger charge is 2.23. The summed E-state index contributed by atoms with van der Waals surface area (Å²) in [5, 5.41) is 12.0. The molecule has 28 heavy (non-hydrogen) atoms. The standard InChI is InChI=1S/C22H22INO4/c23-18-8-4-5-9-20(18)28-17-12-10-15(11-13-17)14-19(22(26)27)24-21(25)16-6-2-1-3-7-16/h4-5,8-14,16H,1-3,6-7H2,(H,24,25)(H,26,27). The van der Waals surface area contributed by atoms with E-state index in [9.17, 15) is 14.7 Å². The summed E-state index contributed by atoms with van der Waals surface area (Å²) in [6.45, 7) is 0. The van der Waals surface area contributed by atoms with Crippen molar-refractivity contribution in [3.05, 3.63) is 63.4 Å². The van der Waals surface area contributed by atoms with Crippen molar-refractivity contribution in [2.45, 2.75) is 32.1 Å². The number of ether oxygens (including phenoxy) is 1. The molecule has 1 fully saturated rings. The molecule has 0 saturated heterocycles. The van der Waals surface area contributed by atoms with Gasteiger partial charge in [0.2, 0.25) is 5.91 Å². The lowest BCUT2D eigenvalue weighted by atomic mass is 9.88. The number of benzene rings is 2. The summed E-state index contributed by atoms with van der Waals surface area (Å²) in [6.07, 6.45) is 6.30. The highest BCUT2D eigenvalue weighted by molar-refractivity contribution is 14.1. The zero-order valence-electron chi connectivity index (χ0n) is 15.4. The first kappa shape index (κ1) is 20.4. The summed E-state index contributed by atoms with van der Waals surface area (Å²) in [4.78, 5) is 23.9. The first-order valence-electron chi connectivity index (χ1n) is 9.31. The van der Waals surface area contributed by atoms with E-state index in [-0.39, 0.29) is 17.5 Å². The van der Waals surface area contributed by atoms with Crippen molar-refractivity contribution in [1.29, 1.82) is 0 Å². The van der Waals surface area contributed by atoms with Crippen molar-refractivity contribution >= 4 is 40.5 Å². The number of carbonyl (C=O) groups is 2. The van der Waals surface area contributed by atoms with Gasteiger partial charge in [0.05, 0.1) is 3.57 Å². The molecule has 1 saturated carbocycles. The molecule has 2 N–H and O–H groups in total. The van der Waals surface area contributed by atoms with Crippen LogP contribution >= 0.6 is 22.6 Å². The molecular weight excluding hydrogens is 469 g/mol. The zero-order valence-corrected chi connectivity index (χ0v) is 17.5. The maximum Gasteiger partial charge on any atom is 0.352 e. The lowest BCUT2D eigenvalue weighted by molar-refractivity contribution is -0.135. The highest BCUT2D eigenvalue weighted by atomic mass is 127. The van der Waals surface area contributed by atoms with Crippen LogP contribution < -0.4 is 10.1 Å². The molecule has 1 aliphatic carbocycles. The predicted molar refractivity (Wildman–Crippen MR) is 116 cm³/mol. The predicted octanol–water partition coefficient (Wildman–Crippen LogP) is 5.21. The lowest BCUT2D eigenvalue weighted by Gasteiger charge is -2.20. The third kappa shape index (κ3) is 5.58. The monoisotopic (exact) mass is 491 g/mol. The van der Waals surface area contributed by atoms with Crippen LogP contribution in [0.3, 0.4) is 0 Å². The summed E-state index contributed by atoms with van der Waals surface area (Å²) < 4.78 is 6.85. The number of hydrogen-bond donors (Lipinski definition) is 2. The Morgan fingerprint density at radius 2 is 1.71 bits per heavy atom. The number of para-hydroxylation sites is 1. The molecular formula is C22H22INO4. The Morgan fingerprint density at radius 3 is 2.36 bits per heavy atom. The molecule has 1 amide bonds. The number of carboxylic acids is 1. The Kier molecular flexibility index (Phi) is 7.08. The van der Waals surface area contributed by atoms with E-state index in [1.54, 1.807) is 24.3 Å². The summed E-state index contributed by atoms with van der Waals surface area (Å²) in [5.41, 5.74) is 0.568. The first-order chi connectivity index (χ1) is 13.5. The van der Waals surface area contributed by atoms with Crippen molar-refractivity contribution in [1.82, 2.24) is 5.32 Å². The van der Waals surface area contributed by atoms with Gasteiger partial charge in [-0.3, -0.25) is 4.79 Å². The summed E-state index contributed by atoms with van der Waals surface area (Å²) in [6, 6.07) is 14.8. The topological polar surface area (TPSA) is 75.6 Å². The fourth-order valence-electron chi connectivity index (χ4n) is 3.20. The smallest absolute Gasteiger partial charge is 0.352 e. The average molecular weight is 491 g/mol. The Hall–Kier alpha value is -2.35. The van der Waals surface area contributed by atoms with Crippen molar-refractivity contribution in [3.63, 3.8) is 0 Å². The number of aliphatic carboxylic acids is 1. The van der Waals surface area contributed by atoms with Crippen LogP contribution in [0.5, 0.6) is 11.5 Å². The maximum atomic E-state index is 12.4. The van der Waals surface area contributed by atoms with E-state index in [4.69, 9.17) is 4.74 Å². The fourth-order valence-corrected chi connectivity index (χ4v) is 3.70. The number of rotatable bonds is 6. The molecule has 2 aromatic carbocycles. The zero-order chi connectivity index (χ0) is 19.9. The number of hydrogen-bond acceptors (Lipinski definition) is 3. The van der Waals surface area contributed by atoms with Crippen molar-refractivity contribution < 1.29 is 19.4 Å². The van der Waals surface area contributed by atoms with Crippen LogP contribution in [0.25, 0.3) is 6.08 Å². The molecule has 1 aliphatic rings. The number of carbonyl (C=O) groups excluding carboxylic acids is 1. The van der Waals surface area contributed by atoms with Crippen molar-refractivity contribution in [3.8, 4) is 11.5 Å². The average Bonchev–Trinajstić information content (AvgIpc) is 2.71. The number of amides is 1. The van der Waals surface area contributed by atoms with Gasteiger partial charge in [0, 0.05) is 5.92 Å². The van der Waals surface area contributed by atoms with Crippen LogP contribution in [-0.2, 0) is 9.59 Å². The summed E-state index contributed by atoms with van der Waals surface area (Å²) in [7, 11) is 0. The minimum absolute atomic E-state index is 0.0966. The van der Waals surface area contributed by atoms with E-state index >= 15 is 0 Å². The third-order valence-corrected chi connectivity index (χ3v) is 5.61. The SMILES string of the molecule is O=C(O)C(=Cc1ccc(Oc2ccccc2I)cc1)NC(=O)C1CCCCC1. The fraction of sp³-hybridized carbons (Fsp3) is 0.273. The summed E-state index contributed by atoms with van der Waals surface area (Å²) in [5.74, 6) is -0.0300.